The average Bonchev–Trinajstić information content (AvgIpc) is 3.02. The van der Waals surface area contributed by atoms with Crippen LogP contribution in [0.1, 0.15) is 36.3 Å². The van der Waals surface area contributed by atoms with Crippen LogP contribution < -0.4 is 5.32 Å². The number of carbonyl (C=O) groups is 1. The Labute approximate surface area is 152 Å². The summed E-state index contributed by atoms with van der Waals surface area (Å²) < 4.78 is 2.01. The Morgan fingerprint density at radius 2 is 2.00 bits per heavy atom. The number of hydrogen-bond donors (Lipinski definition) is 1. The number of nitrogens with zero attached hydrogens (tertiary/aromatic N) is 2. The summed E-state index contributed by atoms with van der Waals surface area (Å²) in [5.41, 5.74) is 2.68. The molecular weight excluding hydrogens is 330 g/mol. The monoisotopic (exact) mass is 353 g/mol. The first-order valence-corrected chi connectivity index (χ1v) is 9.54. The molecule has 0 unspecified atom stereocenters. The van der Waals surface area contributed by atoms with Gasteiger partial charge in [0, 0.05) is 29.6 Å². The molecule has 0 saturated heterocycles. The smallest absolute Gasteiger partial charge is 0.252 e. The van der Waals surface area contributed by atoms with Gasteiger partial charge in [-0.3, -0.25) is 4.79 Å². The third-order valence-corrected chi connectivity index (χ3v) is 5.04. The third-order valence-electron chi connectivity index (χ3n) is 3.93. The standard InChI is InChI=1S/C20H23N3OS/c1-15(2)10-11-21-20(24)17-7-3-4-8-18(17)25-14-16-13-23-12-6-5-9-19(23)22-16/h3-9,12-13,15H,10-11,14H2,1-2H3,(H,21,24). The highest BCUT2D eigenvalue weighted by Gasteiger charge is 2.12. The van der Waals surface area contributed by atoms with Gasteiger partial charge in [0.1, 0.15) is 5.65 Å². The SMILES string of the molecule is CC(C)CCNC(=O)c1ccccc1SCc1cn2ccccc2n1. The Morgan fingerprint density at radius 1 is 1.20 bits per heavy atom. The van der Waals surface area contributed by atoms with Crippen molar-refractivity contribution < 1.29 is 4.79 Å². The summed E-state index contributed by atoms with van der Waals surface area (Å²) in [6.45, 7) is 5.03. The number of rotatable bonds is 7. The van der Waals surface area contributed by atoms with Gasteiger partial charge >= 0.3 is 0 Å². The van der Waals surface area contributed by atoms with Gasteiger partial charge in [-0.15, -0.1) is 11.8 Å². The van der Waals surface area contributed by atoms with Crippen molar-refractivity contribution in [3.63, 3.8) is 0 Å². The van der Waals surface area contributed by atoms with E-state index in [1.807, 2.05) is 59.3 Å². The molecule has 0 aliphatic heterocycles. The highest BCUT2D eigenvalue weighted by molar-refractivity contribution is 7.98. The van der Waals surface area contributed by atoms with E-state index in [4.69, 9.17) is 0 Å². The maximum atomic E-state index is 12.5. The number of amides is 1. The fourth-order valence-electron chi connectivity index (χ4n) is 2.56. The van der Waals surface area contributed by atoms with Crippen LogP contribution in [0.5, 0.6) is 0 Å². The van der Waals surface area contributed by atoms with Crippen LogP contribution in [0.3, 0.4) is 0 Å². The number of imidazole rings is 1. The normalized spacial score (nSPS) is 11.2. The first kappa shape index (κ1) is 17.5. The van der Waals surface area contributed by atoms with Crippen molar-refractivity contribution in [2.45, 2.75) is 30.9 Å². The number of pyridine rings is 1. The Balaban J connectivity index is 1.67. The van der Waals surface area contributed by atoms with Gasteiger partial charge in [-0.05, 0) is 36.6 Å². The Kier molecular flexibility index (Phi) is 5.76. The third kappa shape index (κ3) is 4.63. The minimum atomic E-state index is -0.00116. The summed E-state index contributed by atoms with van der Waals surface area (Å²) in [4.78, 5) is 18.1. The van der Waals surface area contributed by atoms with Gasteiger partial charge in [0.25, 0.3) is 5.91 Å². The van der Waals surface area contributed by atoms with Gasteiger partial charge in [0.05, 0.1) is 11.3 Å². The van der Waals surface area contributed by atoms with E-state index >= 15 is 0 Å². The number of nitrogens with one attached hydrogen (secondary N) is 1. The molecule has 0 aliphatic rings. The van der Waals surface area contributed by atoms with E-state index in [0.717, 1.165) is 34.0 Å². The average molecular weight is 353 g/mol. The van der Waals surface area contributed by atoms with Crippen LogP contribution in [0.25, 0.3) is 5.65 Å². The minimum Gasteiger partial charge on any atom is -0.352 e. The van der Waals surface area contributed by atoms with E-state index in [1.54, 1.807) is 11.8 Å². The number of thioether (sulfide) groups is 1. The largest absolute Gasteiger partial charge is 0.352 e. The van der Waals surface area contributed by atoms with E-state index < -0.39 is 0 Å². The lowest BCUT2D eigenvalue weighted by molar-refractivity contribution is 0.0949. The van der Waals surface area contributed by atoms with Crippen LogP contribution in [-0.4, -0.2) is 21.8 Å². The van der Waals surface area contributed by atoms with Crippen LogP contribution in [-0.2, 0) is 5.75 Å². The summed E-state index contributed by atoms with van der Waals surface area (Å²) >= 11 is 1.65. The first-order valence-electron chi connectivity index (χ1n) is 8.56. The van der Waals surface area contributed by atoms with Gasteiger partial charge in [0.2, 0.25) is 0 Å². The van der Waals surface area contributed by atoms with E-state index in [-0.39, 0.29) is 5.91 Å². The first-order chi connectivity index (χ1) is 12.1. The molecule has 1 aromatic carbocycles. The zero-order chi connectivity index (χ0) is 17.6. The van der Waals surface area contributed by atoms with Gasteiger partial charge < -0.3 is 9.72 Å². The number of hydrogen-bond acceptors (Lipinski definition) is 3. The van der Waals surface area contributed by atoms with Gasteiger partial charge in [0.15, 0.2) is 0 Å². The molecule has 4 nitrogen and oxygen atoms in total. The van der Waals surface area contributed by atoms with Crippen molar-refractivity contribution in [2.75, 3.05) is 6.54 Å². The van der Waals surface area contributed by atoms with Gasteiger partial charge in [-0.2, -0.15) is 0 Å². The summed E-state index contributed by atoms with van der Waals surface area (Å²) in [5.74, 6) is 1.32. The van der Waals surface area contributed by atoms with E-state index in [1.165, 1.54) is 0 Å². The van der Waals surface area contributed by atoms with E-state index in [2.05, 4.69) is 24.1 Å². The molecule has 1 N–H and O–H groups in total. The molecule has 3 aromatic rings. The lowest BCUT2D eigenvalue weighted by Gasteiger charge is -2.10. The van der Waals surface area contributed by atoms with Gasteiger partial charge in [-0.25, -0.2) is 4.98 Å². The fraction of sp³-hybridized carbons (Fsp3) is 0.300. The predicted molar refractivity (Wildman–Crippen MR) is 103 cm³/mol. The summed E-state index contributed by atoms with van der Waals surface area (Å²) in [5, 5.41) is 3.02. The number of carbonyl (C=O) groups excluding carboxylic acids is 1. The lowest BCUT2D eigenvalue weighted by Crippen LogP contribution is -2.25. The molecule has 0 saturated carbocycles. The van der Waals surface area contributed by atoms with Crippen molar-refractivity contribution in [1.29, 1.82) is 0 Å². The molecule has 5 heteroatoms. The zero-order valence-corrected chi connectivity index (χ0v) is 15.4. The number of benzene rings is 1. The van der Waals surface area contributed by atoms with Gasteiger partial charge in [-0.1, -0.05) is 32.0 Å². The number of fused-ring (bicyclic) bond motifs is 1. The molecule has 1 amide bonds. The fourth-order valence-corrected chi connectivity index (χ4v) is 3.49. The molecule has 2 aromatic heterocycles. The van der Waals surface area contributed by atoms with Crippen LogP contribution in [0.2, 0.25) is 0 Å². The maximum Gasteiger partial charge on any atom is 0.252 e. The molecule has 0 aliphatic carbocycles. The van der Waals surface area contributed by atoms with E-state index in [0.29, 0.717) is 12.5 Å². The van der Waals surface area contributed by atoms with Crippen molar-refractivity contribution >= 4 is 23.3 Å². The van der Waals surface area contributed by atoms with Crippen molar-refractivity contribution in [2.24, 2.45) is 5.92 Å². The van der Waals surface area contributed by atoms with Crippen molar-refractivity contribution in [3.05, 3.63) is 66.1 Å². The van der Waals surface area contributed by atoms with Crippen molar-refractivity contribution in [3.8, 4) is 0 Å². The quantitative estimate of drug-likeness (QED) is 0.640. The van der Waals surface area contributed by atoms with Crippen molar-refractivity contribution in [1.82, 2.24) is 14.7 Å². The molecular formula is C20H23N3OS. The van der Waals surface area contributed by atoms with Crippen LogP contribution in [0.4, 0.5) is 0 Å². The minimum absolute atomic E-state index is 0.00116. The Morgan fingerprint density at radius 3 is 2.80 bits per heavy atom. The molecule has 0 radical (unpaired) electrons. The topological polar surface area (TPSA) is 46.4 Å². The van der Waals surface area contributed by atoms with Crippen LogP contribution >= 0.6 is 11.8 Å². The zero-order valence-electron chi connectivity index (χ0n) is 14.6. The summed E-state index contributed by atoms with van der Waals surface area (Å²) in [6, 6.07) is 13.7. The molecule has 0 atom stereocenters. The summed E-state index contributed by atoms with van der Waals surface area (Å²) in [7, 11) is 0. The van der Waals surface area contributed by atoms with Crippen LogP contribution in [0.15, 0.2) is 59.8 Å². The molecule has 2 heterocycles. The second kappa shape index (κ2) is 8.21. The second-order valence-electron chi connectivity index (χ2n) is 6.42. The summed E-state index contributed by atoms with van der Waals surface area (Å²) in [6.07, 6.45) is 5.02. The molecule has 25 heavy (non-hydrogen) atoms. The Bertz CT molecular complexity index is 824. The molecule has 0 spiro atoms. The molecule has 0 bridgehead atoms. The highest BCUT2D eigenvalue weighted by atomic mass is 32.2. The van der Waals surface area contributed by atoms with Crippen LogP contribution in [0, 0.1) is 5.92 Å². The number of aromatic nitrogens is 2. The molecule has 0 fully saturated rings. The molecule has 3 rings (SSSR count). The maximum absolute atomic E-state index is 12.5. The molecule has 130 valence electrons. The lowest BCUT2D eigenvalue weighted by atomic mass is 10.1. The highest BCUT2D eigenvalue weighted by Crippen LogP contribution is 2.26. The predicted octanol–water partition coefficient (Wildman–Crippen LogP) is 4.40. The van der Waals surface area contributed by atoms with E-state index in [9.17, 15) is 4.79 Å². The second-order valence-corrected chi connectivity index (χ2v) is 7.44. The Hall–Kier alpha value is -2.27.